The molecule has 106 valence electrons. The van der Waals surface area contributed by atoms with Crippen molar-refractivity contribution in [3.63, 3.8) is 0 Å². The van der Waals surface area contributed by atoms with E-state index in [0.717, 1.165) is 6.54 Å². The van der Waals surface area contributed by atoms with E-state index in [4.69, 9.17) is 0 Å². The number of nitrogens with one attached hydrogen (secondary N) is 1. The minimum Gasteiger partial charge on any atom is -0.372 e. The Morgan fingerprint density at radius 2 is 2.16 bits per heavy atom. The highest BCUT2D eigenvalue weighted by molar-refractivity contribution is 7.89. The molecule has 2 rings (SSSR count). The van der Waals surface area contributed by atoms with Crippen LogP contribution in [0.4, 0.5) is 5.82 Å². The van der Waals surface area contributed by atoms with Crippen molar-refractivity contribution in [3.05, 3.63) is 18.3 Å². The zero-order chi connectivity index (χ0) is 14.0. The summed E-state index contributed by atoms with van der Waals surface area (Å²) in [5.74, 6) is 0.397. The van der Waals surface area contributed by atoms with E-state index in [1.807, 2.05) is 14.0 Å². The van der Waals surface area contributed by atoms with Crippen LogP contribution in [0.5, 0.6) is 0 Å². The van der Waals surface area contributed by atoms with Gasteiger partial charge in [-0.15, -0.1) is 0 Å². The second-order valence-electron chi connectivity index (χ2n) is 4.79. The van der Waals surface area contributed by atoms with Gasteiger partial charge in [-0.2, -0.15) is 4.31 Å². The summed E-state index contributed by atoms with van der Waals surface area (Å²) in [7, 11) is 0.207. The van der Waals surface area contributed by atoms with Gasteiger partial charge in [0, 0.05) is 38.9 Å². The lowest BCUT2D eigenvalue weighted by Crippen LogP contribution is -2.51. The SMILES string of the molecule is CNc1ncccc1S(=O)(=O)N1CCN(C)C(C)C1. The summed E-state index contributed by atoms with van der Waals surface area (Å²) in [6.07, 6.45) is 1.58. The van der Waals surface area contributed by atoms with Crippen LogP contribution in [-0.4, -0.2) is 62.4 Å². The predicted molar refractivity (Wildman–Crippen MR) is 74.6 cm³/mol. The number of piperazine rings is 1. The van der Waals surface area contributed by atoms with Crippen LogP contribution in [0.25, 0.3) is 0 Å². The molecule has 1 aliphatic heterocycles. The molecule has 1 aromatic rings. The molecule has 2 heterocycles. The molecular weight excluding hydrogens is 264 g/mol. The quantitative estimate of drug-likeness (QED) is 0.873. The number of pyridine rings is 1. The third kappa shape index (κ3) is 2.72. The van der Waals surface area contributed by atoms with E-state index in [1.54, 1.807) is 25.4 Å². The molecule has 1 aliphatic rings. The zero-order valence-corrected chi connectivity index (χ0v) is 12.3. The largest absolute Gasteiger partial charge is 0.372 e. The lowest BCUT2D eigenvalue weighted by atomic mass is 10.2. The first-order valence-electron chi connectivity index (χ1n) is 6.30. The molecule has 7 heteroatoms. The van der Waals surface area contributed by atoms with Crippen LogP contribution in [-0.2, 0) is 10.0 Å². The first kappa shape index (κ1) is 14.2. The molecule has 0 bridgehead atoms. The van der Waals surface area contributed by atoms with Crippen molar-refractivity contribution in [1.82, 2.24) is 14.2 Å². The van der Waals surface area contributed by atoms with Crippen molar-refractivity contribution in [2.75, 3.05) is 39.0 Å². The maximum atomic E-state index is 12.6. The molecule has 0 aromatic carbocycles. The number of hydrogen-bond acceptors (Lipinski definition) is 5. The number of nitrogens with zero attached hydrogens (tertiary/aromatic N) is 3. The molecule has 1 saturated heterocycles. The lowest BCUT2D eigenvalue weighted by molar-refractivity contribution is 0.159. The number of rotatable bonds is 3. The molecule has 1 aromatic heterocycles. The minimum absolute atomic E-state index is 0.221. The van der Waals surface area contributed by atoms with Gasteiger partial charge in [-0.1, -0.05) is 0 Å². The highest BCUT2D eigenvalue weighted by Crippen LogP contribution is 2.23. The molecule has 0 aliphatic carbocycles. The fourth-order valence-electron chi connectivity index (χ4n) is 2.16. The van der Waals surface area contributed by atoms with Gasteiger partial charge >= 0.3 is 0 Å². The van der Waals surface area contributed by atoms with Crippen LogP contribution in [0, 0.1) is 0 Å². The second-order valence-corrected chi connectivity index (χ2v) is 6.70. The van der Waals surface area contributed by atoms with Gasteiger partial charge in [-0.05, 0) is 26.1 Å². The predicted octanol–water partition coefficient (Wildman–Crippen LogP) is 0.448. The summed E-state index contributed by atoms with van der Waals surface area (Å²) in [5.41, 5.74) is 0. The summed E-state index contributed by atoms with van der Waals surface area (Å²) in [5, 5.41) is 2.83. The van der Waals surface area contributed by atoms with Crippen molar-refractivity contribution >= 4 is 15.8 Å². The summed E-state index contributed by atoms with van der Waals surface area (Å²) in [4.78, 5) is 6.47. The molecule has 0 radical (unpaired) electrons. The number of hydrogen-bond donors (Lipinski definition) is 1. The van der Waals surface area contributed by atoms with E-state index in [1.165, 1.54) is 4.31 Å². The van der Waals surface area contributed by atoms with Gasteiger partial charge in [0.15, 0.2) is 0 Å². The molecule has 0 saturated carbocycles. The average molecular weight is 284 g/mol. The van der Waals surface area contributed by atoms with Gasteiger partial charge in [0.25, 0.3) is 0 Å². The van der Waals surface area contributed by atoms with E-state index < -0.39 is 10.0 Å². The third-order valence-corrected chi connectivity index (χ3v) is 5.44. The first-order valence-corrected chi connectivity index (χ1v) is 7.74. The second kappa shape index (κ2) is 5.44. The highest BCUT2D eigenvalue weighted by atomic mass is 32.2. The van der Waals surface area contributed by atoms with Crippen molar-refractivity contribution < 1.29 is 8.42 Å². The summed E-state index contributed by atoms with van der Waals surface area (Å²) in [6.45, 7) is 3.80. The monoisotopic (exact) mass is 284 g/mol. The molecule has 19 heavy (non-hydrogen) atoms. The topological polar surface area (TPSA) is 65.5 Å². The molecule has 0 amide bonds. The van der Waals surface area contributed by atoms with Gasteiger partial charge < -0.3 is 10.2 Å². The average Bonchev–Trinajstić information content (AvgIpc) is 2.41. The highest BCUT2D eigenvalue weighted by Gasteiger charge is 2.32. The Morgan fingerprint density at radius 1 is 1.42 bits per heavy atom. The Balaban J connectivity index is 2.32. The van der Waals surface area contributed by atoms with Crippen molar-refractivity contribution in [1.29, 1.82) is 0 Å². The minimum atomic E-state index is -3.48. The van der Waals surface area contributed by atoms with Gasteiger partial charge in [0.05, 0.1) is 0 Å². The standard InChI is InChI=1S/C12H20N4O2S/c1-10-9-16(8-7-15(10)3)19(17,18)11-5-4-6-14-12(11)13-2/h4-6,10H,7-9H2,1-3H3,(H,13,14). The smallest absolute Gasteiger partial charge is 0.246 e. The number of sulfonamides is 1. The van der Waals surface area contributed by atoms with E-state index in [9.17, 15) is 8.42 Å². The van der Waals surface area contributed by atoms with Crippen LogP contribution < -0.4 is 5.32 Å². The van der Waals surface area contributed by atoms with Crippen LogP contribution in [0.3, 0.4) is 0 Å². The van der Waals surface area contributed by atoms with Crippen LogP contribution >= 0.6 is 0 Å². The number of likely N-dealkylation sites (N-methyl/N-ethyl adjacent to an activating group) is 1. The van der Waals surface area contributed by atoms with Crippen LogP contribution in [0.15, 0.2) is 23.2 Å². The molecule has 1 unspecified atom stereocenters. The van der Waals surface area contributed by atoms with Crippen molar-refractivity contribution in [3.8, 4) is 0 Å². The Labute approximate surface area is 114 Å². The van der Waals surface area contributed by atoms with E-state index in [-0.39, 0.29) is 10.9 Å². The van der Waals surface area contributed by atoms with Gasteiger partial charge in [0.1, 0.15) is 10.7 Å². The maximum absolute atomic E-state index is 12.6. The Morgan fingerprint density at radius 3 is 2.79 bits per heavy atom. The maximum Gasteiger partial charge on any atom is 0.246 e. The number of aromatic nitrogens is 1. The summed E-state index contributed by atoms with van der Waals surface area (Å²) >= 11 is 0. The number of anilines is 1. The Kier molecular flexibility index (Phi) is 4.07. The normalized spacial score (nSPS) is 22.4. The zero-order valence-electron chi connectivity index (χ0n) is 11.5. The first-order chi connectivity index (χ1) is 8.96. The van der Waals surface area contributed by atoms with Crippen LogP contribution in [0.1, 0.15) is 6.92 Å². The fourth-order valence-corrected chi connectivity index (χ4v) is 3.82. The molecule has 0 spiro atoms. The molecule has 1 atom stereocenters. The van der Waals surface area contributed by atoms with E-state index in [0.29, 0.717) is 18.9 Å². The third-order valence-electron chi connectivity index (χ3n) is 3.55. The van der Waals surface area contributed by atoms with Gasteiger partial charge in [-0.3, -0.25) is 0 Å². The summed E-state index contributed by atoms with van der Waals surface area (Å²) in [6, 6.07) is 3.46. The fraction of sp³-hybridized carbons (Fsp3) is 0.583. The summed E-state index contributed by atoms with van der Waals surface area (Å²) < 4.78 is 26.8. The van der Waals surface area contributed by atoms with E-state index in [2.05, 4.69) is 15.2 Å². The van der Waals surface area contributed by atoms with Crippen molar-refractivity contribution in [2.45, 2.75) is 17.9 Å². The van der Waals surface area contributed by atoms with Gasteiger partial charge in [0.2, 0.25) is 10.0 Å². The Bertz CT molecular complexity index is 546. The lowest BCUT2D eigenvalue weighted by Gasteiger charge is -2.36. The van der Waals surface area contributed by atoms with Crippen molar-refractivity contribution in [2.24, 2.45) is 0 Å². The molecule has 1 fully saturated rings. The molecule has 6 nitrogen and oxygen atoms in total. The Hall–Kier alpha value is -1.18. The van der Waals surface area contributed by atoms with E-state index >= 15 is 0 Å². The molecule has 1 N–H and O–H groups in total. The molecular formula is C12H20N4O2S. The van der Waals surface area contributed by atoms with Crippen LogP contribution in [0.2, 0.25) is 0 Å². The van der Waals surface area contributed by atoms with Gasteiger partial charge in [-0.25, -0.2) is 13.4 Å².